The molecule has 1 aromatic heterocycles. The molecule has 0 aliphatic carbocycles. The van der Waals surface area contributed by atoms with Crippen LogP contribution >= 0.6 is 11.6 Å². The van der Waals surface area contributed by atoms with Gasteiger partial charge in [0.2, 0.25) is 11.8 Å². The summed E-state index contributed by atoms with van der Waals surface area (Å²) < 4.78 is 0. The number of nitrogens with one attached hydrogen (secondary N) is 3. The molecule has 1 fully saturated rings. The molecule has 1 aliphatic rings. The number of anilines is 2. The van der Waals surface area contributed by atoms with Crippen LogP contribution in [0.15, 0.2) is 47.3 Å². The summed E-state index contributed by atoms with van der Waals surface area (Å²) >= 11 is 5.88. The molecule has 0 saturated carbocycles. The zero-order valence-corrected chi connectivity index (χ0v) is 14.3. The van der Waals surface area contributed by atoms with Gasteiger partial charge < -0.3 is 20.2 Å². The van der Waals surface area contributed by atoms with Crippen LogP contribution in [0.5, 0.6) is 0 Å². The van der Waals surface area contributed by atoms with Crippen molar-refractivity contribution in [1.29, 1.82) is 0 Å². The lowest BCUT2D eigenvalue weighted by molar-refractivity contribution is -0.122. The SMILES string of the molecule is O=C(Nc1ccc2[nH]c(=O)[nH]c2c1)C1CC(=O)N(c2ccc(Cl)cc2)C1. The van der Waals surface area contributed by atoms with Crippen LogP contribution in [0.3, 0.4) is 0 Å². The predicted octanol–water partition coefficient (Wildman–Crippen LogP) is 2.50. The van der Waals surface area contributed by atoms with Crippen LogP contribution in [0.4, 0.5) is 11.4 Å². The van der Waals surface area contributed by atoms with Crippen molar-refractivity contribution >= 4 is 45.8 Å². The van der Waals surface area contributed by atoms with Gasteiger partial charge in [0.1, 0.15) is 0 Å². The van der Waals surface area contributed by atoms with Crippen molar-refractivity contribution in [2.24, 2.45) is 5.92 Å². The van der Waals surface area contributed by atoms with Gasteiger partial charge in [-0.2, -0.15) is 0 Å². The van der Waals surface area contributed by atoms with Crippen molar-refractivity contribution in [3.8, 4) is 0 Å². The van der Waals surface area contributed by atoms with E-state index in [0.29, 0.717) is 28.3 Å². The van der Waals surface area contributed by atoms with Crippen LogP contribution < -0.4 is 15.9 Å². The van der Waals surface area contributed by atoms with Gasteiger partial charge in [-0.1, -0.05) is 11.6 Å². The fraction of sp³-hybridized carbons (Fsp3) is 0.167. The summed E-state index contributed by atoms with van der Waals surface area (Å²) in [5.41, 5.74) is 2.26. The van der Waals surface area contributed by atoms with Crippen molar-refractivity contribution in [1.82, 2.24) is 9.97 Å². The van der Waals surface area contributed by atoms with E-state index in [0.717, 1.165) is 5.69 Å². The van der Waals surface area contributed by atoms with E-state index in [9.17, 15) is 14.4 Å². The number of nitrogens with zero attached hydrogens (tertiary/aromatic N) is 1. The molecule has 2 aromatic carbocycles. The maximum absolute atomic E-state index is 12.5. The molecule has 7 nitrogen and oxygen atoms in total. The lowest BCUT2D eigenvalue weighted by Gasteiger charge is -2.16. The Labute approximate surface area is 153 Å². The van der Waals surface area contributed by atoms with Crippen LogP contribution in [-0.2, 0) is 9.59 Å². The average Bonchev–Trinajstić information content (AvgIpc) is 3.17. The highest BCUT2D eigenvalue weighted by Gasteiger charge is 2.35. The molecule has 0 radical (unpaired) electrons. The number of hydrogen-bond donors (Lipinski definition) is 3. The number of halogens is 1. The number of benzene rings is 2. The monoisotopic (exact) mass is 370 g/mol. The minimum absolute atomic E-state index is 0.0992. The van der Waals surface area contributed by atoms with Crippen LogP contribution in [0.2, 0.25) is 5.02 Å². The molecular formula is C18H15ClN4O3. The third kappa shape index (κ3) is 3.09. The van der Waals surface area contributed by atoms with Gasteiger partial charge in [-0.15, -0.1) is 0 Å². The molecule has 8 heteroatoms. The molecule has 26 heavy (non-hydrogen) atoms. The van der Waals surface area contributed by atoms with E-state index in [-0.39, 0.29) is 23.9 Å². The Morgan fingerprint density at radius 2 is 1.81 bits per heavy atom. The van der Waals surface area contributed by atoms with E-state index >= 15 is 0 Å². The Bertz CT molecular complexity index is 1050. The summed E-state index contributed by atoms with van der Waals surface area (Å²) in [5, 5.41) is 3.40. The fourth-order valence-electron chi connectivity index (χ4n) is 3.11. The fourth-order valence-corrected chi connectivity index (χ4v) is 3.23. The summed E-state index contributed by atoms with van der Waals surface area (Å²) in [6.07, 6.45) is 0.150. The molecule has 4 rings (SSSR count). The molecule has 3 N–H and O–H groups in total. The standard InChI is InChI=1S/C18H15ClN4O3/c19-11-1-4-13(5-2-11)23-9-10(7-16(23)24)17(25)20-12-3-6-14-15(8-12)22-18(26)21-14/h1-6,8,10H,7,9H2,(H,20,25)(H2,21,22,26). The first-order chi connectivity index (χ1) is 12.5. The zero-order valence-electron chi connectivity index (χ0n) is 13.6. The minimum atomic E-state index is -0.445. The Morgan fingerprint density at radius 1 is 1.08 bits per heavy atom. The number of carbonyl (C=O) groups is 2. The van der Waals surface area contributed by atoms with E-state index in [2.05, 4.69) is 15.3 Å². The summed E-state index contributed by atoms with van der Waals surface area (Å²) in [4.78, 5) is 43.0. The molecule has 1 atom stereocenters. The Kier molecular flexibility index (Phi) is 4.00. The van der Waals surface area contributed by atoms with Gasteiger partial charge in [-0.25, -0.2) is 4.79 Å². The highest BCUT2D eigenvalue weighted by atomic mass is 35.5. The first kappa shape index (κ1) is 16.4. The maximum atomic E-state index is 12.5. The average molecular weight is 371 g/mol. The summed E-state index contributed by atoms with van der Waals surface area (Å²) in [7, 11) is 0. The second-order valence-corrected chi connectivity index (χ2v) is 6.65. The van der Waals surface area contributed by atoms with Gasteiger partial charge in [-0.3, -0.25) is 9.59 Å². The minimum Gasteiger partial charge on any atom is -0.326 e. The van der Waals surface area contributed by atoms with E-state index in [4.69, 9.17) is 11.6 Å². The number of aromatic amines is 2. The lowest BCUT2D eigenvalue weighted by Crippen LogP contribution is -2.28. The molecule has 1 unspecified atom stereocenters. The second kappa shape index (κ2) is 6.34. The molecule has 2 amide bonds. The predicted molar refractivity (Wildman–Crippen MR) is 99.5 cm³/mol. The zero-order chi connectivity index (χ0) is 18.3. The van der Waals surface area contributed by atoms with Gasteiger partial charge in [0, 0.05) is 29.4 Å². The van der Waals surface area contributed by atoms with Crippen molar-refractivity contribution in [3.63, 3.8) is 0 Å². The molecule has 0 bridgehead atoms. The maximum Gasteiger partial charge on any atom is 0.323 e. The van der Waals surface area contributed by atoms with Crippen LogP contribution in [0.1, 0.15) is 6.42 Å². The third-order valence-electron chi connectivity index (χ3n) is 4.42. The number of H-pyrrole nitrogens is 2. The van der Waals surface area contributed by atoms with Gasteiger partial charge in [0.25, 0.3) is 0 Å². The van der Waals surface area contributed by atoms with Crippen LogP contribution in [0.25, 0.3) is 11.0 Å². The van der Waals surface area contributed by atoms with Crippen molar-refractivity contribution in [2.75, 3.05) is 16.8 Å². The largest absolute Gasteiger partial charge is 0.326 e. The van der Waals surface area contributed by atoms with Crippen molar-refractivity contribution < 1.29 is 9.59 Å². The second-order valence-electron chi connectivity index (χ2n) is 6.21. The van der Waals surface area contributed by atoms with E-state index in [1.165, 1.54) is 0 Å². The van der Waals surface area contributed by atoms with E-state index < -0.39 is 5.92 Å². The molecule has 1 saturated heterocycles. The third-order valence-corrected chi connectivity index (χ3v) is 4.67. The van der Waals surface area contributed by atoms with E-state index in [1.54, 1.807) is 47.4 Å². The number of carbonyl (C=O) groups excluding carboxylic acids is 2. The van der Waals surface area contributed by atoms with Crippen molar-refractivity contribution in [3.05, 3.63) is 58.0 Å². The van der Waals surface area contributed by atoms with Gasteiger partial charge in [0.15, 0.2) is 0 Å². The number of aromatic nitrogens is 2. The first-order valence-electron chi connectivity index (χ1n) is 8.08. The molecule has 0 spiro atoms. The quantitative estimate of drug-likeness (QED) is 0.660. The number of fused-ring (bicyclic) bond motifs is 1. The van der Waals surface area contributed by atoms with Gasteiger partial charge >= 0.3 is 5.69 Å². The summed E-state index contributed by atoms with van der Waals surface area (Å²) in [6, 6.07) is 12.0. The normalized spacial score (nSPS) is 17.0. The summed E-state index contributed by atoms with van der Waals surface area (Å²) in [6.45, 7) is 0.315. The van der Waals surface area contributed by atoms with Crippen LogP contribution in [-0.4, -0.2) is 28.3 Å². The van der Waals surface area contributed by atoms with Crippen molar-refractivity contribution in [2.45, 2.75) is 6.42 Å². The van der Waals surface area contributed by atoms with E-state index in [1.807, 2.05) is 0 Å². The Morgan fingerprint density at radius 3 is 2.58 bits per heavy atom. The highest BCUT2D eigenvalue weighted by Crippen LogP contribution is 2.27. The molecule has 2 heterocycles. The molecule has 132 valence electrons. The molecule has 1 aliphatic heterocycles. The van der Waals surface area contributed by atoms with Gasteiger partial charge in [0.05, 0.1) is 17.0 Å². The topological polar surface area (TPSA) is 98.1 Å². The number of amides is 2. The molecular weight excluding hydrogens is 356 g/mol. The smallest absolute Gasteiger partial charge is 0.323 e. The number of rotatable bonds is 3. The highest BCUT2D eigenvalue weighted by molar-refractivity contribution is 6.30. The lowest BCUT2D eigenvalue weighted by atomic mass is 10.1. The van der Waals surface area contributed by atoms with Crippen LogP contribution in [0, 0.1) is 5.92 Å². The Hall–Kier alpha value is -3.06. The first-order valence-corrected chi connectivity index (χ1v) is 8.46. The number of imidazole rings is 1. The van der Waals surface area contributed by atoms with Gasteiger partial charge in [-0.05, 0) is 42.5 Å². The summed E-state index contributed by atoms with van der Waals surface area (Å²) in [5.74, 6) is -0.774. The Balaban J connectivity index is 1.48. The number of hydrogen-bond acceptors (Lipinski definition) is 3. The molecule has 3 aromatic rings.